The van der Waals surface area contributed by atoms with Crippen molar-refractivity contribution in [3.8, 4) is 0 Å². The molecule has 5 nitrogen and oxygen atoms in total. The first-order valence-electron chi connectivity index (χ1n) is 5.89. The lowest BCUT2D eigenvalue weighted by molar-refractivity contribution is -0.126. The normalized spacial score (nSPS) is 26.7. The van der Waals surface area contributed by atoms with Crippen LogP contribution in [0, 0.1) is 5.92 Å². The average Bonchev–Trinajstić information content (AvgIpc) is 2.76. The van der Waals surface area contributed by atoms with Gasteiger partial charge in [-0.3, -0.25) is 4.79 Å². The van der Waals surface area contributed by atoms with Crippen molar-refractivity contribution in [2.24, 2.45) is 5.92 Å². The fourth-order valence-electron chi connectivity index (χ4n) is 1.94. The molecule has 1 aliphatic heterocycles. The minimum absolute atomic E-state index is 0.0251. The van der Waals surface area contributed by atoms with Crippen LogP contribution in [0.1, 0.15) is 19.8 Å². The number of rotatable bonds is 6. The summed E-state index contributed by atoms with van der Waals surface area (Å²) in [5.41, 5.74) is 0. The lowest BCUT2D eigenvalue weighted by Gasteiger charge is -2.21. The number of hydrogen-bond donors (Lipinski definition) is 3. The van der Waals surface area contributed by atoms with Crippen LogP contribution < -0.4 is 10.6 Å². The summed E-state index contributed by atoms with van der Waals surface area (Å²) in [6.45, 7) is 3.18. The SMILES string of the molecule is CCC(CCO)NC(=O)C1COCC1NC. The Morgan fingerprint density at radius 1 is 1.56 bits per heavy atom. The van der Waals surface area contributed by atoms with Crippen molar-refractivity contribution in [3.05, 3.63) is 0 Å². The molecule has 0 aliphatic carbocycles. The summed E-state index contributed by atoms with van der Waals surface area (Å²) in [7, 11) is 1.84. The van der Waals surface area contributed by atoms with Crippen molar-refractivity contribution < 1.29 is 14.6 Å². The molecule has 0 radical (unpaired) electrons. The second kappa shape index (κ2) is 6.83. The van der Waals surface area contributed by atoms with Crippen LogP contribution in [0.5, 0.6) is 0 Å². The maximum absolute atomic E-state index is 11.9. The van der Waals surface area contributed by atoms with Gasteiger partial charge >= 0.3 is 0 Å². The lowest BCUT2D eigenvalue weighted by atomic mass is 10.0. The molecule has 0 spiro atoms. The molecule has 0 aromatic carbocycles. The summed E-state index contributed by atoms with van der Waals surface area (Å²) in [5.74, 6) is -0.0881. The van der Waals surface area contributed by atoms with Gasteiger partial charge in [-0.1, -0.05) is 6.92 Å². The van der Waals surface area contributed by atoms with E-state index < -0.39 is 0 Å². The molecule has 1 saturated heterocycles. The lowest BCUT2D eigenvalue weighted by Crippen LogP contribution is -2.46. The Labute approximate surface area is 96.6 Å². The summed E-state index contributed by atoms with van der Waals surface area (Å²) in [5, 5.41) is 14.9. The van der Waals surface area contributed by atoms with Gasteiger partial charge in [-0.05, 0) is 19.9 Å². The maximum Gasteiger partial charge on any atom is 0.227 e. The summed E-state index contributed by atoms with van der Waals surface area (Å²) in [6, 6.07) is 0.169. The highest BCUT2D eigenvalue weighted by Crippen LogP contribution is 2.14. The summed E-state index contributed by atoms with van der Waals surface area (Å²) in [6.07, 6.45) is 1.45. The zero-order valence-corrected chi connectivity index (χ0v) is 10.0. The highest BCUT2D eigenvalue weighted by atomic mass is 16.5. The molecule has 3 atom stereocenters. The Kier molecular flexibility index (Phi) is 5.73. The maximum atomic E-state index is 11.9. The molecule has 0 bridgehead atoms. The molecular formula is C11H22N2O3. The predicted octanol–water partition coefficient (Wildman–Crippen LogP) is -0.502. The Hall–Kier alpha value is -0.650. The van der Waals surface area contributed by atoms with Gasteiger partial charge in [-0.15, -0.1) is 0 Å². The van der Waals surface area contributed by atoms with E-state index in [9.17, 15) is 4.79 Å². The topological polar surface area (TPSA) is 70.6 Å². The molecule has 1 amide bonds. The number of nitrogens with one attached hydrogen (secondary N) is 2. The molecule has 94 valence electrons. The third-order valence-electron chi connectivity index (χ3n) is 3.10. The Balaban J connectivity index is 2.43. The van der Waals surface area contributed by atoms with Crippen LogP contribution >= 0.6 is 0 Å². The first-order valence-corrected chi connectivity index (χ1v) is 5.89. The molecule has 3 unspecified atom stereocenters. The van der Waals surface area contributed by atoms with Crippen molar-refractivity contribution in [1.82, 2.24) is 10.6 Å². The van der Waals surface area contributed by atoms with E-state index in [0.717, 1.165) is 6.42 Å². The van der Waals surface area contributed by atoms with Crippen molar-refractivity contribution in [3.63, 3.8) is 0 Å². The number of carbonyl (C=O) groups excluding carboxylic acids is 1. The molecule has 0 aromatic rings. The fourth-order valence-corrected chi connectivity index (χ4v) is 1.94. The molecule has 1 fully saturated rings. The summed E-state index contributed by atoms with van der Waals surface area (Å²) in [4.78, 5) is 11.9. The molecule has 3 N–H and O–H groups in total. The molecule has 5 heteroatoms. The summed E-state index contributed by atoms with van der Waals surface area (Å²) < 4.78 is 5.28. The molecule has 1 rings (SSSR count). The van der Waals surface area contributed by atoms with Gasteiger partial charge in [-0.2, -0.15) is 0 Å². The van der Waals surface area contributed by atoms with Crippen LogP contribution in [0.3, 0.4) is 0 Å². The number of ether oxygens (including phenoxy) is 1. The van der Waals surface area contributed by atoms with Gasteiger partial charge in [0.05, 0.1) is 19.1 Å². The van der Waals surface area contributed by atoms with Gasteiger partial charge in [0, 0.05) is 18.7 Å². The van der Waals surface area contributed by atoms with E-state index in [4.69, 9.17) is 9.84 Å². The van der Waals surface area contributed by atoms with Crippen molar-refractivity contribution in [2.75, 3.05) is 26.9 Å². The van der Waals surface area contributed by atoms with E-state index in [0.29, 0.717) is 19.6 Å². The third kappa shape index (κ3) is 3.43. The number of aliphatic hydroxyl groups is 1. The van der Waals surface area contributed by atoms with Gasteiger partial charge in [0.1, 0.15) is 0 Å². The number of amides is 1. The van der Waals surface area contributed by atoms with Crippen molar-refractivity contribution in [1.29, 1.82) is 0 Å². The van der Waals surface area contributed by atoms with Gasteiger partial charge < -0.3 is 20.5 Å². The minimum Gasteiger partial charge on any atom is -0.396 e. The van der Waals surface area contributed by atoms with E-state index in [2.05, 4.69) is 10.6 Å². The zero-order valence-electron chi connectivity index (χ0n) is 10.0. The smallest absolute Gasteiger partial charge is 0.227 e. The van der Waals surface area contributed by atoms with Crippen LogP contribution in [0.15, 0.2) is 0 Å². The third-order valence-corrected chi connectivity index (χ3v) is 3.10. The Morgan fingerprint density at radius 2 is 2.31 bits per heavy atom. The number of carbonyl (C=O) groups is 1. The number of hydrogen-bond acceptors (Lipinski definition) is 4. The molecule has 16 heavy (non-hydrogen) atoms. The van der Waals surface area contributed by atoms with E-state index >= 15 is 0 Å². The average molecular weight is 230 g/mol. The fraction of sp³-hybridized carbons (Fsp3) is 0.909. The van der Waals surface area contributed by atoms with Crippen LogP contribution in [0.4, 0.5) is 0 Å². The number of likely N-dealkylation sites (N-methyl/N-ethyl adjacent to an activating group) is 1. The second-order valence-corrected chi connectivity index (χ2v) is 4.17. The quantitative estimate of drug-likeness (QED) is 0.575. The monoisotopic (exact) mass is 230 g/mol. The van der Waals surface area contributed by atoms with E-state index in [1.807, 2.05) is 14.0 Å². The van der Waals surface area contributed by atoms with Crippen LogP contribution in [0.25, 0.3) is 0 Å². The Morgan fingerprint density at radius 3 is 2.88 bits per heavy atom. The van der Waals surface area contributed by atoms with Gasteiger partial charge in [-0.25, -0.2) is 0 Å². The molecular weight excluding hydrogens is 208 g/mol. The number of aliphatic hydroxyl groups excluding tert-OH is 1. The van der Waals surface area contributed by atoms with Gasteiger partial charge in [0.15, 0.2) is 0 Å². The van der Waals surface area contributed by atoms with E-state index in [-0.39, 0.29) is 30.5 Å². The van der Waals surface area contributed by atoms with Crippen LogP contribution in [0.2, 0.25) is 0 Å². The van der Waals surface area contributed by atoms with Crippen molar-refractivity contribution >= 4 is 5.91 Å². The van der Waals surface area contributed by atoms with Crippen LogP contribution in [-0.2, 0) is 9.53 Å². The second-order valence-electron chi connectivity index (χ2n) is 4.17. The summed E-state index contributed by atoms with van der Waals surface area (Å²) >= 11 is 0. The van der Waals surface area contributed by atoms with E-state index in [1.54, 1.807) is 0 Å². The molecule has 1 aliphatic rings. The molecule has 1 heterocycles. The minimum atomic E-state index is -0.113. The standard InChI is InChI=1S/C11H22N2O3/c1-3-8(4-5-14)13-11(15)9-6-16-7-10(9)12-2/h8-10,12,14H,3-7H2,1-2H3,(H,13,15). The largest absolute Gasteiger partial charge is 0.396 e. The zero-order chi connectivity index (χ0) is 12.0. The van der Waals surface area contributed by atoms with E-state index in [1.165, 1.54) is 0 Å². The van der Waals surface area contributed by atoms with Gasteiger partial charge in [0.25, 0.3) is 0 Å². The predicted molar refractivity (Wildman–Crippen MR) is 61.1 cm³/mol. The highest BCUT2D eigenvalue weighted by molar-refractivity contribution is 5.80. The first kappa shape index (κ1) is 13.4. The van der Waals surface area contributed by atoms with Crippen molar-refractivity contribution in [2.45, 2.75) is 31.8 Å². The molecule has 0 saturated carbocycles. The molecule has 0 aromatic heterocycles. The highest BCUT2D eigenvalue weighted by Gasteiger charge is 2.33. The first-order chi connectivity index (χ1) is 7.72. The Bertz CT molecular complexity index is 223. The van der Waals surface area contributed by atoms with Gasteiger partial charge in [0.2, 0.25) is 5.91 Å². The van der Waals surface area contributed by atoms with Crippen LogP contribution in [-0.4, -0.2) is 50.0 Å².